The predicted octanol–water partition coefficient (Wildman–Crippen LogP) is 5.14. The molecule has 1 fully saturated rings. The Morgan fingerprint density at radius 1 is 1.19 bits per heavy atom. The average Bonchev–Trinajstić information content (AvgIpc) is 2.50. The van der Waals surface area contributed by atoms with Gasteiger partial charge in [0.1, 0.15) is 0 Å². The highest BCUT2D eigenvalue weighted by Gasteiger charge is 2.31. The van der Waals surface area contributed by atoms with E-state index in [1.165, 1.54) is 23.5 Å². The summed E-state index contributed by atoms with van der Waals surface area (Å²) in [7, 11) is 0. The van der Waals surface area contributed by atoms with Crippen LogP contribution in [-0.4, -0.2) is 34.6 Å². The first-order valence-corrected chi connectivity index (χ1v) is 10.4. The molecule has 0 bridgehead atoms. The molecule has 0 radical (unpaired) electrons. The molecule has 1 aliphatic rings. The minimum absolute atomic E-state index is 0.495. The third kappa shape index (κ3) is 4.97. The van der Waals surface area contributed by atoms with E-state index in [-0.39, 0.29) is 0 Å². The zero-order chi connectivity index (χ0) is 15.2. The Balaban J connectivity index is 2.11. The quantitative estimate of drug-likeness (QED) is 0.751. The van der Waals surface area contributed by atoms with Crippen molar-refractivity contribution in [3.8, 4) is 0 Å². The second-order valence-corrected chi connectivity index (χ2v) is 8.72. The van der Waals surface area contributed by atoms with E-state index in [1.54, 1.807) is 0 Å². The summed E-state index contributed by atoms with van der Waals surface area (Å²) in [5.41, 5.74) is 1.27. The molecular formula is C16H23Cl2NS2. The minimum Gasteiger partial charge on any atom is -0.313 e. The lowest BCUT2D eigenvalue weighted by atomic mass is 10.00. The van der Waals surface area contributed by atoms with Crippen LogP contribution in [0.2, 0.25) is 10.0 Å². The third-order valence-electron chi connectivity index (χ3n) is 3.80. The normalized spacial score (nSPS) is 24.0. The molecule has 1 aromatic carbocycles. The van der Waals surface area contributed by atoms with Crippen LogP contribution in [0.15, 0.2) is 18.2 Å². The van der Waals surface area contributed by atoms with Gasteiger partial charge in [-0.05, 0) is 37.1 Å². The Kier molecular flexibility index (Phi) is 7.57. The van der Waals surface area contributed by atoms with E-state index in [4.69, 9.17) is 23.2 Å². The number of hydrogen-bond donors (Lipinski definition) is 1. The lowest BCUT2D eigenvalue weighted by Gasteiger charge is -2.36. The van der Waals surface area contributed by atoms with Gasteiger partial charge in [-0.15, -0.1) is 0 Å². The zero-order valence-corrected chi connectivity index (χ0v) is 15.7. The van der Waals surface area contributed by atoms with Crippen LogP contribution in [0.1, 0.15) is 25.8 Å². The van der Waals surface area contributed by atoms with E-state index in [9.17, 15) is 0 Å². The van der Waals surface area contributed by atoms with Gasteiger partial charge in [0.05, 0.1) is 10.0 Å². The highest BCUT2D eigenvalue weighted by atomic mass is 35.5. The molecule has 0 amide bonds. The van der Waals surface area contributed by atoms with Crippen molar-refractivity contribution in [2.75, 3.05) is 18.1 Å². The van der Waals surface area contributed by atoms with Crippen molar-refractivity contribution >= 4 is 46.7 Å². The summed E-state index contributed by atoms with van der Waals surface area (Å²) < 4.78 is 0. The fourth-order valence-electron chi connectivity index (χ4n) is 2.80. The molecular weight excluding hydrogens is 341 g/mol. The van der Waals surface area contributed by atoms with E-state index in [2.05, 4.69) is 48.8 Å². The standard InChI is InChI=1S/C16H23Cl2NS2/c1-3-15-16(21-8-7-20-15)14(19-4-2)10-11-5-6-12(17)13(18)9-11/h5-6,9,14-16,19H,3-4,7-8,10H2,1-2H3. The summed E-state index contributed by atoms with van der Waals surface area (Å²) in [5.74, 6) is 2.54. The molecule has 3 atom stereocenters. The van der Waals surface area contributed by atoms with Crippen molar-refractivity contribution in [1.29, 1.82) is 0 Å². The summed E-state index contributed by atoms with van der Waals surface area (Å²) in [6.07, 6.45) is 2.26. The zero-order valence-electron chi connectivity index (χ0n) is 12.6. The molecule has 1 nitrogen and oxygen atoms in total. The van der Waals surface area contributed by atoms with E-state index >= 15 is 0 Å². The summed E-state index contributed by atoms with van der Waals surface area (Å²) in [5, 5.41) is 6.39. The Morgan fingerprint density at radius 3 is 2.62 bits per heavy atom. The third-order valence-corrected chi connectivity index (χ3v) is 7.94. The first-order chi connectivity index (χ1) is 10.2. The van der Waals surface area contributed by atoms with Crippen LogP contribution in [0.3, 0.4) is 0 Å². The molecule has 1 heterocycles. The van der Waals surface area contributed by atoms with Gasteiger partial charge in [-0.3, -0.25) is 0 Å². The van der Waals surface area contributed by atoms with E-state index in [1.807, 2.05) is 12.1 Å². The number of benzene rings is 1. The van der Waals surface area contributed by atoms with E-state index < -0.39 is 0 Å². The molecule has 0 aromatic heterocycles. The maximum absolute atomic E-state index is 6.15. The second kappa shape index (κ2) is 8.93. The summed E-state index contributed by atoms with van der Waals surface area (Å²) in [4.78, 5) is 0. The van der Waals surface area contributed by atoms with Crippen LogP contribution in [-0.2, 0) is 6.42 Å². The van der Waals surface area contributed by atoms with Crippen molar-refractivity contribution in [3.05, 3.63) is 33.8 Å². The van der Waals surface area contributed by atoms with Crippen molar-refractivity contribution in [3.63, 3.8) is 0 Å². The van der Waals surface area contributed by atoms with Crippen LogP contribution in [0.4, 0.5) is 0 Å². The molecule has 21 heavy (non-hydrogen) atoms. The maximum Gasteiger partial charge on any atom is 0.0595 e. The molecule has 0 spiro atoms. The van der Waals surface area contributed by atoms with Crippen molar-refractivity contribution in [2.24, 2.45) is 0 Å². The van der Waals surface area contributed by atoms with Crippen molar-refractivity contribution < 1.29 is 0 Å². The smallest absolute Gasteiger partial charge is 0.0595 e. The first kappa shape index (κ1) is 17.8. The predicted molar refractivity (Wildman–Crippen MR) is 100 cm³/mol. The summed E-state index contributed by atoms with van der Waals surface area (Å²) in [6, 6.07) is 6.51. The van der Waals surface area contributed by atoms with Crippen LogP contribution < -0.4 is 5.32 Å². The molecule has 1 N–H and O–H groups in total. The number of thioether (sulfide) groups is 2. The van der Waals surface area contributed by atoms with Crippen molar-refractivity contribution in [2.45, 2.75) is 43.2 Å². The van der Waals surface area contributed by atoms with Crippen LogP contribution in [0, 0.1) is 0 Å². The maximum atomic E-state index is 6.15. The van der Waals surface area contributed by atoms with E-state index in [0.29, 0.717) is 21.3 Å². The molecule has 5 heteroatoms. The van der Waals surface area contributed by atoms with E-state index in [0.717, 1.165) is 18.2 Å². The topological polar surface area (TPSA) is 12.0 Å². The number of rotatable bonds is 6. The van der Waals surface area contributed by atoms with Gasteiger partial charge in [0.2, 0.25) is 0 Å². The Bertz CT molecular complexity index is 456. The van der Waals surface area contributed by atoms with Crippen molar-refractivity contribution in [1.82, 2.24) is 5.32 Å². The lowest BCUT2D eigenvalue weighted by Crippen LogP contribution is -2.46. The molecule has 1 saturated heterocycles. The van der Waals surface area contributed by atoms with Crippen LogP contribution in [0.25, 0.3) is 0 Å². The first-order valence-electron chi connectivity index (χ1n) is 7.56. The number of halogens is 2. The average molecular weight is 364 g/mol. The highest BCUT2D eigenvalue weighted by molar-refractivity contribution is 8.07. The highest BCUT2D eigenvalue weighted by Crippen LogP contribution is 2.36. The van der Waals surface area contributed by atoms with Gasteiger partial charge >= 0.3 is 0 Å². The van der Waals surface area contributed by atoms with Gasteiger partial charge in [0, 0.05) is 28.0 Å². The molecule has 118 valence electrons. The number of likely N-dealkylation sites (N-methyl/N-ethyl adjacent to an activating group) is 1. The summed E-state index contributed by atoms with van der Waals surface area (Å²) in [6.45, 7) is 5.49. The summed E-state index contributed by atoms with van der Waals surface area (Å²) >= 11 is 16.4. The molecule has 0 aliphatic carbocycles. The van der Waals surface area contributed by atoms with Crippen LogP contribution in [0.5, 0.6) is 0 Å². The molecule has 1 aromatic rings. The van der Waals surface area contributed by atoms with Gasteiger partial charge < -0.3 is 5.32 Å². The van der Waals surface area contributed by atoms with Gasteiger partial charge in [0.15, 0.2) is 0 Å². The fraction of sp³-hybridized carbons (Fsp3) is 0.625. The van der Waals surface area contributed by atoms with Gasteiger partial charge in [-0.2, -0.15) is 23.5 Å². The Hall–Kier alpha value is 0.460. The lowest BCUT2D eigenvalue weighted by molar-refractivity contribution is 0.490. The Labute approximate surface area is 146 Å². The molecule has 3 unspecified atom stereocenters. The molecule has 1 aliphatic heterocycles. The van der Waals surface area contributed by atoms with Gasteiger partial charge in [-0.1, -0.05) is 43.1 Å². The second-order valence-electron chi connectivity index (χ2n) is 5.27. The van der Waals surface area contributed by atoms with Gasteiger partial charge in [-0.25, -0.2) is 0 Å². The monoisotopic (exact) mass is 363 g/mol. The number of nitrogens with one attached hydrogen (secondary N) is 1. The van der Waals surface area contributed by atoms with Gasteiger partial charge in [0.25, 0.3) is 0 Å². The minimum atomic E-state index is 0.495. The largest absolute Gasteiger partial charge is 0.313 e. The molecule has 0 saturated carbocycles. The fourth-order valence-corrected chi connectivity index (χ4v) is 6.38. The van der Waals surface area contributed by atoms with Crippen LogP contribution >= 0.6 is 46.7 Å². The Morgan fingerprint density at radius 2 is 1.95 bits per heavy atom. The number of hydrogen-bond acceptors (Lipinski definition) is 3. The SMILES string of the molecule is CCNC(Cc1ccc(Cl)c(Cl)c1)C1SCCSC1CC. The molecule has 2 rings (SSSR count).